The number of rotatable bonds is 5. The van der Waals surface area contributed by atoms with Crippen LogP contribution in [0.2, 0.25) is 0 Å². The van der Waals surface area contributed by atoms with Crippen LogP contribution in [0.1, 0.15) is 48.8 Å². The van der Waals surface area contributed by atoms with Crippen LogP contribution in [0.5, 0.6) is 11.5 Å². The molecule has 1 aromatic heterocycles. The zero-order valence-electron chi connectivity index (χ0n) is 17.9. The van der Waals surface area contributed by atoms with Crippen LogP contribution in [0.3, 0.4) is 0 Å². The Balaban J connectivity index is 1.25. The van der Waals surface area contributed by atoms with E-state index in [1.807, 2.05) is 18.2 Å². The molecular formula is C24H27N3O5. The quantitative estimate of drug-likeness (QED) is 0.696. The number of ether oxygens (including phenoxy) is 2. The van der Waals surface area contributed by atoms with Gasteiger partial charge < -0.3 is 14.8 Å². The van der Waals surface area contributed by atoms with Crippen LogP contribution in [0.15, 0.2) is 30.5 Å². The van der Waals surface area contributed by atoms with Gasteiger partial charge in [0.15, 0.2) is 6.29 Å². The molecule has 32 heavy (non-hydrogen) atoms. The van der Waals surface area contributed by atoms with Crippen molar-refractivity contribution in [3.63, 3.8) is 0 Å². The largest absolute Gasteiger partial charge is 0.457 e. The van der Waals surface area contributed by atoms with Gasteiger partial charge >= 0.3 is 0 Å². The summed E-state index contributed by atoms with van der Waals surface area (Å²) < 4.78 is 11.7. The van der Waals surface area contributed by atoms with Gasteiger partial charge in [-0.1, -0.05) is 6.07 Å². The molecule has 8 nitrogen and oxygen atoms in total. The van der Waals surface area contributed by atoms with Gasteiger partial charge in [0.1, 0.15) is 17.3 Å². The number of pyridine rings is 1. The van der Waals surface area contributed by atoms with Crippen LogP contribution < -0.4 is 15.5 Å². The average molecular weight is 437 g/mol. The van der Waals surface area contributed by atoms with E-state index in [1.54, 1.807) is 6.20 Å². The Labute approximate surface area is 186 Å². The number of hydrogen-bond acceptors (Lipinski definition) is 6. The number of fused-ring (bicyclic) bond motifs is 2. The number of anilines is 1. The maximum absolute atomic E-state index is 12.6. The van der Waals surface area contributed by atoms with Crippen molar-refractivity contribution in [3.05, 3.63) is 47.2 Å². The van der Waals surface area contributed by atoms with Crippen molar-refractivity contribution in [2.24, 2.45) is 5.92 Å². The van der Waals surface area contributed by atoms with Gasteiger partial charge in [0.25, 0.3) is 0 Å². The summed E-state index contributed by atoms with van der Waals surface area (Å²) in [7, 11) is 0. The van der Waals surface area contributed by atoms with E-state index in [-0.39, 0.29) is 24.0 Å². The molecule has 1 aromatic carbocycles. The third kappa shape index (κ3) is 4.61. The Kier molecular flexibility index (Phi) is 6.05. The number of carbonyl (C=O) groups excluding carboxylic acids is 2. The zero-order chi connectivity index (χ0) is 21.9. The van der Waals surface area contributed by atoms with Crippen molar-refractivity contribution in [2.75, 3.05) is 11.9 Å². The summed E-state index contributed by atoms with van der Waals surface area (Å²) in [6.45, 7) is 0.674. The molecule has 2 unspecified atom stereocenters. The summed E-state index contributed by atoms with van der Waals surface area (Å²) in [6, 6.07) is 7.85. The predicted octanol–water partition coefficient (Wildman–Crippen LogP) is 3.44. The third-order valence-corrected chi connectivity index (χ3v) is 6.31. The number of aromatic nitrogens is 1. The van der Waals surface area contributed by atoms with Gasteiger partial charge in [-0.05, 0) is 67.9 Å². The van der Waals surface area contributed by atoms with Gasteiger partial charge in [-0.25, -0.2) is 15.3 Å². The van der Waals surface area contributed by atoms with E-state index in [4.69, 9.17) is 14.3 Å². The summed E-state index contributed by atoms with van der Waals surface area (Å²) in [5, 5.41) is 2.79. The van der Waals surface area contributed by atoms with E-state index in [0.29, 0.717) is 43.2 Å². The van der Waals surface area contributed by atoms with Crippen LogP contribution in [0.4, 0.5) is 5.82 Å². The molecule has 1 saturated heterocycles. The van der Waals surface area contributed by atoms with Gasteiger partial charge in [0.05, 0.1) is 0 Å². The number of amides is 2. The molecule has 2 aromatic rings. The first kappa shape index (κ1) is 20.9. The number of aryl methyl sites for hydroxylation is 1. The molecule has 168 valence electrons. The zero-order valence-corrected chi connectivity index (χ0v) is 17.9. The first-order chi connectivity index (χ1) is 15.7. The Morgan fingerprint density at radius 2 is 2.06 bits per heavy atom. The standard InChI is InChI=1S/C24H27N3O5/c28-21-9-8-19-20(10-11-25-23(19)26-21)31-18-7-6-15-4-5-16(13-17(15)14-18)24(29)27-32-22-3-1-2-12-30-22/h6-7,10-11,14,16,22H,1-5,8-9,12-13H2,(H,27,29)(H,25,26,28). The fourth-order valence-corrected chi connectivity index (χ4v) is 4.51. The lowest BCUT2D eigenvalue weighted by Gasteiger charge is -2.26. The van der Waals surface area contributed by atoms with E-state index in [1.165, 1.54) is 5.56 Å². The van der Waals surface area contributed by atoms with Crippen LogP contribution in [-0.4, -0.2) is 29.7 Å². The van der Waals surface area contributed by atoms with Crippen LogP contribution in [-0.2, 0) is 38.4 Å². The fourth-order valence-electron chi connectivity index (χ4n) is 4.51. The smallest absolute Gasteiger partial charge is 0.247 e. The van der Waals surface area contributed by atoms with E-state index in [2.05, 4.69) is 21.8 Å². The van der Waals surface area contributed by atoms with E-state index in [9.17, 15) is 9.59 Å². The van der Waals surface area contributed by atoms with Gasteiger partial charge in [-0.3, -0.25) is 9.59 Å². The van der Waals surface area contributed by atoms with Crippen molar-refractivity contribution >= 4 is 17.6 Å². The molecule has 0 bridgehead atoms. The second kappa shape index (κ2) is 9.26. The second-order valence-electron chi connectivity index (χ2n) is 8.54. The third-order valence-electron chi connectivity index (χ3n) is 6.31. The van der Waals surface area contributed by atoms with Gasteiger partial charge in [0, 0.05) is 37.1 Å². The van der Waals surface area contributed by atoms with Crippen LogP contribution in [0.25, 0.3) is 0 Å². The Hall–Kier alpha value is -2.97. The molecule has 2 N–H and O–H groups in total. The lowest BCUT2D eigenvalue weighted by Crippen LogP contribution is -2.38. The molecule has 3 aliphatic rings. The second-order valence-corrected chi connectivity index (χ2v) is 8.54. The van der Waals surface area contributed by atoms with Gasteiger partial charge in [-0.2, -0.15) is 0 Å². The maximum atomic E-state index is 12.6. The summed E-state index contributed by atoms with van der Waals surface area (Å²) >= 11 is 0. The molecule has 2 amide bonds. The fraction of sp³-hybridized carbons (Fsp3) is 0.458. The number of nitrogens with one attached hydrogen (secondary N) is 2. The van der Waals surface area contributed by atoms with Crippen molar-refractivity contribution in [2.45, 2.75) is 57.7 Å². The van der Waals surface area contributed by atoms with Crippen molar-refractivity contribution in [3.8, 4) is 11.5 Å². The topological polar surface area (TPSA) is 98.8 Å². The number of benzene rings is 1. The van der Waals surface area contributed by atoms with Gasteiger partial charge in [0.2, 0.25) is 11.8 Å². The molecule has 1 fully saturated rings. The number of nitrogens with zero attached hydrogens (tertiary/aromatic N) is 1. The maximum Gasteiger partial charge on any atom is 0.247 e. The molecule has 1 aliphatic carbocycles. The molecule has 0 saturated carbocycles. The van der Waals surface area contributed by atoms with Crippen molar-refractivity contribution in [1.29, 1.82) is 0 Å². The lowest BCUT2D eigenvalue weighted by molar-refractivity contribution is -0.202. The highest BCUT2D eigenvalue weighted by atomic mass is 16.8. The molecule has 2 atom stereocenters. The predicted molar refractivity (Wildman–Crippen MR) is 116 cm³/mol. The number of carbonyl (C=O) groups is 2. The Morgan fingerprint density at radius 1 is 1.12 bits per heavy atom. The number of hydrogen-bond donors (Lipinski definition) is 2. The molecule has 2 aliphatic heterocycles. The van der Waals surface area contributed by atoms with Crippen molar-refractivity contribution < 1.29 is 23.9 Å². The minimum atomic E-state index is -0.348. The Morgan fingerprint density at radius 3 is 2.94 bits per heavy atom. The number of hydroxylamine groups is 1. The SMILES string of the molecule is O=C1CCc2c(Oc3ccc4c(c3)CC(C(=O)NOC3CCCCO3)CC4)ccnc2N1. The highest BCUT2D eigenvalue weighted by Gasteiger charge is 2.27. The van der Waals surface area contributed by atoms with Gasteiger partial charge in [-0.15, -0.1) is 0 Å². The first-order valence-electron chi connectivity index (χ1n) is 11.3. The van der Waals surface area contributed by atoms with Crippen LogP contribution >= 0.6 is 0 Å². The molecule has 8 heteroatoms. The van der Waals surface area contributed by atoms with E-state index >= 15 is 0 Å². The summed E-state index contributed by atoms with van der Waals surface area (Å²) in [4.78, 5) is 34.0. The van der Waals surface area contributed by atoms with Crippen LogP contribution in [0, 0.1) is 5.92 Å². The first-order valence-corrected chi connectivity index (χ1v) is 11.3. The molecule has 0 radical (unpaired) electrons. The summed E-state index contributed by atoms with van der Waals surface area (Å²) in [5.41, 5.74) is 5.86. The van der Waals surface area contributed by atoms with E-state index < -0.39 is 0 Å². The summed E-state index contributed by atoms with van der Waals surface area (Å²) in [5.74, 6) is 1.69. The average Bonchev–Trinajstić information content (AvgIpc) is 2.82. The highest BCUT2D eigenvalue weighted by Crippen LogP contribution is 2.35. The monoisotopic (exact) mass is 437 g/mol. The molecule has 0 spiro atoms. The van der Waals surface area contributed by atoms with Crippen molar-refractivity contribution in [1.82, 2.24) is 10.5 Å². The normalized spacial score (nSPS) is 22.3. The molecule has 3 heterocycles. The summed E-state index contributed by atoms with van der Waals surface area (Å²) in [6.07, 6.45) is 7.45. The Bertz CT molecular complexity index is 1020. The van der Waals surface area contributed by atoms with E-state index in [0.717, 1.165) is 43.2 Å². The molecule has 5 rings (SSSR count). The molecular weight excluding hydrogens is 410 g/mol. The minimum Gasteiger partial charge on any atom is -0.457 e. The minimum absolute atomic E-state index is 0.0284. The highest BCUT2D eigenvalue weighted by molar-refractivity contribution is 5.93. The lowest BCUT2D eigenvalue weighted by atomic mass is 9.83.